The van der Waals surface area contributed by atoms with Crippen LogP contribution in [0.15, 0.2) is 18.5 Å². The average Bonchev–Trinajstić information content (AvgIpc) is 3.72. The molecule has 3 amide bonds. The van der Waals surface area contributed by atoms with E-state index in [4.69, 9.17) is 0 Å². The van der Waals surface area contributed by atoms with Gasteiger partial charge >= 0.3 is 0 Å². The Morgan fingerprint density at radius 1 is 1.23 bits per heavy atom. The second-order valence-electron chi connectivity index (χ2n) is 11.7. The molecule has 4 heterocycles. The van der Waals surface area contributed by atoms with Gasteiger partial charge in [-0.05, 0) is 63.0 Å². The number of amides is 3. The number of piperidine rings is 3. The number of fused-ring (bicyclic) bond motifs is 3. The molecule has 3 N–H and O–H groups in total. The lowest BCUT2D eigenvalue weighted by atomic mass is 9.71. The molecule has 0 radical (unpaired) electrons. The van der Waals surface area contributed by atoms with Gasteiger partial charge in [0, 0.05) is 37.3 Å². The van der Waals surface area contributed by atoms with Crippen molar-refractivity contribution in [1.82, 2.24) is 20.5 Å². The fourth-order valence-corrected chi connectivity index (χ4v) is 6.49. The Morgan fingerprint density at radius 2 is 2.03 bits per heavy atom. The normalized spacial score (nSPS) is 29.1. The summed E-state index contributed by atoms with van der Waals surface area (Å²) in [5.74, 6) is -5.77. The van der Waals surface area contributed by atoms with E-state index in [1.807, 2.05) is 19.1 Å². The van der Waals surface area contributed by atoms with E-state index < -0.39 is 54.3 Å². The summed E-state index contributed by atoms with van der Waals surface area (Å²) >= 11 is 0. The van der Waals surface area contributed by atoms with Gasteiger partial charge in [-0.3, -0.25) is 19.4 Å². The predicted octanol–water partition coefficient (Wildman–Crippen LogP) is 2.91. The van der Waals surface area contributed by atoms with Crippen LogP contribution in [0.2, 0.25) is 0 Å². The van der Waals surface area contributed by atoms with Crippen LogP contribution in [-0.2, 0) is 14.4 Å². The van der Waals surface area contributed by atoms with E-state index in [0.717, 1.165) is 24.8 Å². The largest absolute Gasteiger partial charge is 0.372 e. The van der Waals surface area contributed by atoms with Crippen molar-refractivity contribution in [1.29, 1.82) is 5.26 Å². The third-order valence-electron chi connectivity index (χ3n) is 8.63. The van der Waals surface area contributed by atoms with Gasteiger partial charge in [-0.1, -0.05) is 12.8 Å². The van der Waals surface area contributed by atoms with Crippen LogP contribution in [0.1, 0.15) is 63.4 Å². The maximum atomic E-state index is 15.1. The molecule has 1 aromatic rings. The Labute approximate surface area is 227 Å². The molecule has 5 aliphatic rings. The van der Waals surface area contributed by atoms with Crippen LogP contribution in [0.5, 0.6) is 0 Å². The van der Waals surface area contributed by atoms with E-state index >= 15 is 8.78 Å². The predicted molar refractivity (Wildman–Crippen MR) is 138 cm³/mol. The van der Waals surface area contributed by atoms with Crippen LogP contribution in [-0.4, -0.2) is 64.2 Å². The molecule has 0 unspecified atom stereocenters. The first-order valence-corrected chi connectivity index (χ1v) is 14.0. The van der Waals surface area contributed by atoms with Gasteiger partial charge in [0.25, 0.3) is 5.92 Å². The van der Waals surface area contributed by atoms with Crippen LogP contribution in [0.25, 0.3) is 0 Å². The zero-order chi connectivity index (χ0) is 27.7. The van der Waals surface area contributed by atoms with Gasteiger partial charge in [-0.2, -0.15) is 5.26 Å². The number of carbonyl (C=O) groups is 3. The third kappa shape index (κ3) is 5.99. The fourth-order valence-electron chi connectivity index (χ4n) is 6.49. The molecule has 3 saturated heterocycles. The number of hydrogen-bond acceptors (Lipinski definition) is 6. The van der Waals surface area contributed by atoms with Crippen LogP contribution in [0, 0.1) is 36.0 Å². The van der Waals surface area contributed by atoms with Crippen LogP contribution in [0.3, 0.4) is 0 Å². The van der Waals surface area contributed by atoms with Gasteiger partial charge in [0.2, 0.25) is 17.7 Å². The van der Waals surface area contributed by atoms with Crippen LogP contribution < -0.4 is 16.0 Å². The molecule has 9 nitrogen and oxygen atoms in total. The Kier molecular flexibility index (Phi) is 7.74. The van der Waals surface area contributed by atoms with Crippen LogP contribution >= 0.6 is 0 Å². The highest BCUT2D eigenvalue weighted by Gasteiger charge is 2.61. The molecule has 210 valence electrons. The second-order valence-corrected chi connectivity index (χ2v) is 11.7. The van der Waals surface area contributed by atoms with Gasteiger partial charge in [0.1, 0.15) is 18.1 Å². The lowest BCUT2D eigenvalue weighted by Crippen LogP contribution is -2.70. The molecule has 1 aromatic heterocycles. The first kappa shape index (κ1) is 27.3. The molecular weight excluding hydrogens is 506 g/mol. The first-order chi connectivity index (χ1) is 18.7. The van der Waals surface area contributed by atoms with E-state index in [1.54, 1.807) is 12.4 Å². The van der Waals surface area contributed by atoms with Gasteiger partial charge in [0.05, 0.1) is 17.7 Å². The molecular formula is C28H36F2N6O3. The number of alkyl halides is 2. The molecule has 11 heteroatoms. The fraction of sp³-hybridized carbons (Fsp3) is 0.679. The van der Waals surface area contributed by atoms with E-state index in [9.17, 15) is 19.6 Å². The molecule has 2 aliphatic carbocycles. The molecule has 39 heavy (non-hydrogen) atoms. The van der Waals surface area contributed by atoms with E-state index in [0.29, 0.717) is 37.4 Å². The van der Waals surface area contributed by atoms with E-state index in [-0.39, 0.29) is 24.7 Å². The minimum atomic E-state index is -3.09. The van der Waals surface area contributed by atoms with Crippen molar-refractivity contribution in [2.75, 3.05) is 11.9 Å². The number of aromatic nitrogens is 1. The standard InChI is InChI=1S/C28H36F2N6O3/c1-16-9-20(15-32-14-16)34-23(10-17-4-5-17)27(39)36-21-6-7-22(28(29,30)12-21)24(36)26(38)35-19(13-31)11-18-3-2-8-33-25(18)37/h9,14-15,17-19,21-24,34H,2-8,10-12H2,1H3,(H,33,37)(H,35,38)/t18-,19+,21-,22-,23+,24+/m0/s1. The number of hydrogen-bond donors (Lipinski definition) is 3. The minimum absolute atomic E-state index is 0.103. The van der Waals surface area contributed by atoms with Gasteiger partial charge in [-0.15, -0.1) is 0 Å². The van der Waals surface area contributed by atoms with Crippen molar-refractivity contribution >= 4 is 23.4 Å². The van der Waals surface area contributed by atoms with E-state index in [1.165, 1.54) is 4.90 Å². The second kappa shape index (κ2) is 11.1. The Balaban J connectivity index is 1.38. The average molecular weight is 543 g/mol. The Hall–Kier alpha value is -3.29. The lowest BCUT2D eigenvalue weighted by molar-refractivity contribution is -0.194. The smallest absolute Gasteiger partial charge is 0.255 e. The minimum Gasteiger partial charge on any atom is -0.372 e. The van der Waals surface area contributed by atoms with E-state index in [2.05, 4.69) is 20.9 Å². The highest BCUT2D eigenvalue weighted by Crippen LogP contribution is 2.49. The highest BCUT2D eigenvalue weighted by molar-refractivity contribution is 5.92. The summed E-state index contributed by atoms with van der Waals surface area (Å²) in [6, 6.07) is 0.0543. The summed E-state index contributed by atoms with van der Waals surface area (Å²) in [5, 5.41) is 18.4. The lowest BCUT2D eigenvalue weighted by Gasteiger charge is -2.54. The number of anilines is 1. The molecule has 6 rings (SSSR count). The number of halogens is 2. The third-order valence-corrected chi connectivity index (χ3v) is 8.63. The van der Waals surface area contributed by atoms with Gasteiger partial charge in [0.15, 0.2) is 0 Å². The summed E-state index contributed by atoms with van der Waals surface area (Å²) in [7, 11) is 0. The monoisotopic (exact) mass is 542 g/mol. The molecule has 0 spiro atoms. The summed E-state index contributed by atoms with van der Waals surface area (Å²) in [4.78, 5) is 45.5. The quantitative estimate of drug-likeness (QED) is 0.440. The maximum absolute atomic E-state index is 15.1. The van der Waals surface area contributed by atoms with Gasteiger partial charge < -0.3 is 20.9 Å². The number of aryl methyl sites for hydroxylation is 1. The molecule has 2 saturated carbocycles. The molecule has 3 aliphatic heterocycles. The number of nitrogens with zero attached hydrogens (tertiary/aromatic N) is 3. The van der Waals surface area contributed by atoms with Crippen molar-refractivity contribution in [2.45, 2.75) is 94.8 Å². The molecule has 5 fully saturated rings. The topological polar surface area (TPSA) is 127 Å². The SMILES string of the molecule is Cc1cncc(N[C@H](CC2CC2)C(=O)N2[C@H]3CC[C@@H]([C@@H]2C(=O)N[C@@H](C#N)C[C@@H]2CCCNC2=O)C(F)(F)C3)c1. The zero-order valence-corrected chi connectivity index (χ0v) is 22.2. The van der Waals surface area contributed by atoms with Crippen molar-refractivity contribution in [3.8, 4) is 6.07 Å². The summed E-state index contributed by atoms with van der Waals surface area (Å²) in [6.07, 6.45) is 7.42. The number of nitrogens with one attached hydrogen (secondary N) is 3. The van der Waals surface area contributed by atoms with Crippen molar-refractivity contribution < 1.29 is 23.2 Å². The van der Waals surface area contributed by atoms with Crippen molar-refractivity contribution in [3.63, 3.8) is 0 Å². The first-order valence-electron chi connectivity index (χ1n) is 14.0. The summed E-state index contributed by atoms with van der Waals surface area (Å²) in [5.41, 5.74) is 1.58. The molecule has 2 bridgehead atoms. The molecule has 0 aromatic carbocycles. The number of carbonyl (C=O) groups excluding carboxylic acids is 3. The maximum Gasteiger partial charge on any atom is 0.255 e. The van der Waals surface area contributed by atoms with Crippen molar-refractivity contribution in [2.24, 2.45) is 17.8 Å². The number of rotatable bonds is 9. The Bertz CT molecular complexity index is 1150. The summed E-state index contributed by atoms with van der Waals surface area (Å²) in [6.45, 7) is 2.47. The molecule has 6 atom stereocenters. The summed E-state index contributed by atoms with van der Waals surface area (Å²) < 4.78 is 30.3. The van der Waals surface area contributed by atoms with Gasteiger partial charge in [-0.25, -0.2) is 8.78 Å². The highest BCUT2D eigenvalue weighted by atomic mass is 19.3. The zero-order valence-electron chi connectivity index (χ0n) is 22.2. The number of nitriles is 1. The van der Waals surface area contributed by atoms with Crippen LogP contribution in [0.4, 0.5) is 14.5 Å². The number of pyridine rings is 1. The Morgan fingerprint density at radius 3 is 2.69 bits per heavy atom. The van der Waals surface area contributed by atoms with Crippen molar-refractivity contribution in [3.05, 3.63) is 24.0 Å².